The summed E-state index contributed by atoms with van der Waals surface area (Å²) in [5.74, 6) is 0.555. The maximum Gasteiger partial charge on any atom is 0.258 e. The van der Waals surface area contributed by atoms with Crippen molar-refractivity contribution in [2.24, 2.45) is 11.7 Å². The van der Waals surface area contributed by atoms with Gasteiger partial charge in [-0.3, -0.25) is 9.59 Å². The minimum absolute atomic E-state index is 0.0209. The molecule has 2 amide bonds. The lowest BCUT2D eigenvalue weighted by molar-refractivity contribution is -0.123. The number of benzene rings is 1. The standard InChI is InChI=1S/C14H18N2O3/c1-9(10-2-3-10)16-13(17)8-19-12-6-4-11(5-7-12)14(15)18/h4-7,9-10H,2-3,8H2,1H3,(H2,15,18)(H,16,17)/t9-/m0/s1. The van der Waals surface area contributed by atoms with Crippen molar-refractivity contribution in [2.45, 2.75) is 25.8 Å². The van der Waals surface area contributed by atoms with E-state index >= 15 is 0 Å². The van der Waals surface area contributed by atoms with Gasteiger partial charge in [-0.05, 0) is 49.9 Å². The van der Waals surface area contributed by atoms with Crippen LogP contribution in [0.1, 0.15) is 30.1 Å². The molecule has 102 valence electrons. The molecule has 0 aliphatic heterocycles. The minimum Gasteiger partial charge on any atom is -0.484 e. The molecule has 19 heavy (non-hydrogen) atoms. The number of nitrogens with one attached hydrogen (secondary N) is 1. The van der Waals surface area contributed by atoms with E-state index in [1.165, 1.54) is 12.8 Å². The van der Waals surface area contributed by atoms with Crippen molar-refractivity contribution in [1.82, 2.24) is 5.32 Å². The molecular formula is C14H18N2O3. The highest BCUT2D eigenvalue weighted by atomic mass is 16.5. The third-order valence-electron chi connectivity index (χ3n) is 3.23. The summed E-state index contributed by atoms with van der Waals surface area (Å²) in [6.45, 7) is 1.99. The van der Waals surface area contributed by atoms with E-state index in [2.05, 4.69) is 5.32 Å². The van der Waals surface area contributed by atoms with E-state index in [0.29, 0.717) is 17.2 Å². The first-order valence-corrected chi connectivity index (χ1v) is 6.38. The number of hydrogen-bond donors (Lipinski definition) is 2. The van der Waals surface area contributed by atoms with E-state index in [1.54, 1.807) is 24.3 Å². The van der Waals surface area contributed by atoms with Gasteiger partial charge >= 0.3 is 0 Å². The maximum absolute atomic E-state index is 11.6. The molecule has 1 aliphatic carbocycles. The Labute approximate surface area is 112 Å². The van der Waals surface area contributed by atoms with Crippen LogP contribution < -0.4 is 15.8 Å². The molecule has 0 radical (unpaired) electrons. The van der Waals surface area contributed by atoms with Crippen LogP contribution in [0, 0.1) is 5.92 Å². The van der Waals surface area contributed by atoms with Gasteiger partial charge in [0.25, 0.3) is 5.91 Å². The smallest absolute Gasteiger partial charge is 0.258 e. The van der Waals surface area contributed by atoms with Crippen LogP contribution in [-0.2, 0) is 4.79 Å². The van der Waals surface area contributed by atoms with Crippen LogP contribution in [0.5, 0.6) is 5.75 Å². The molecule has 1 saturated carbocycles. The fraction of sp³-hybridized carbons (Fsp3) is 0.429. The van der Waals surface area contributed by atoms with Gasteiger partial charge in [0.15, 0.2) is 6.61 Å². The second-order valence-corrected chi connectivity index (χ2v) is 4.87. The van der Waals surface area contributed by atoms with Gasteiger partial charge in [-0.2, -0.15) is 0 Å². The second kappa shape index (κ2) is 5.73. The van der Waals surface area contributed by atoms with E-state index in [-0.39, 0.29) is 18.6 Å². The average molecular weight is 262 g/mol. The van der Waals surface area contributed by atoms with Crippen molar-refractivity contribution in [1.29, 1.82) is 0 Å². The number of ether oxygens (including phenoxy) is 1. The van der Waals surface area contributed by atoms with E-state index in [9.17, 15) is 9.59 Å². The van der Waals surface area contributed by atoms with Crippen molar-refractivity contribution >= 4 is 11.8 Å². The molecule has 5 nitrogen and oxygen atoms in total. The zero-order valence-corrected chi connectivity index (χ0v) is 10.9. The lowest BCUT2D eigenvalue weighted by atomic mass is 10.2. The number of amides is 2. The molecule has 1 aliphatic rings. The lowest BCUT2D eigenvalue weighted by Crippen LogP contribution is -2.37. The minimum atomic E-state index is -0.484. The number of carbonyl (C=O) groups excluding carboxylic acids is 2. The Kier molecular flexibility index (Phi) is 4.04. The average Bonchev–Trinajstić information content (AvgIpc) is 3.21. The zero-order valence-electron chi connectivity index (χ0n) is 10.9. The topological polar surface area (TPSA) is 81.4 Å². The SMILES string of the molecule is C[C@H](NC(=O)COc1ccc(C(N)=O)cc1)C1CC1. The fourth-order valence-corrected chi connectivity index (χ4v) is 1.87. The summed E-state index contributed by atoms with van der Waals surface area (Å²) in [6, 6.07) is 6.61. The van der Waals surface area contributed by atoms with Crippen LogP contribution in [-0.4, -0.2) is 24.5 Å². The zero-order chi connectivity index (χ0) is 13.8. The van der Waals surface area contributed by atoms with Gasteiger partial charge in [-0.15, -0.1) is 0 Å². The summed E-state index contributed by atoms with van der Waals surface area (Å²) in [5.41, 5.74) is 5.55. The first-order chi connectivity index (χ1) is 9.06. The molecule has 0 aromatic heterocycles. The molecule has 1 aromatic rings. The van der Waals surface area contributed by atoms with Crippen molar-refractivity contribution in [3.63, 3.8) is 0 Å². The number of primary amides is 1. The number of carbonyl (C=O) groups is 2. The van der Waals surface area contributed by atoms with Crippen LogP contribution in [0.25, 0.3) is 0 Å². The van der Waals surface area contributed by atoms with Gasteiger partial charge in [0.1, 0.15) is 5.75 Å². The molecule has 0 spiro atoms. The van der Waals surface area contributed by atoms with Gasteiger partial charge in [-0.25, -0.2) is 0 Å². The van der Waals surface area contributed by atoms with Gasteiger partial charge in [0, 0.05) is 11.6 Å². The Morgan fingerprint density at radius 2 is 2.00 bits per heavy atom. The molecular weight excluding hydrogens is 244 g/mol. The van der Waals surface area contributed by atoms with Crippen LogP contribution in [0.2, 0.25) is 0 Å². The summed E-state index contributed by atoms with van der Waals surface area (Å²) >= 11 is 0. The molecule has 0 saturated heterocycles. The first-order valence-electron chi connectivity index (χ1n) is 6.38. The molecule has 1 fully saturated rings. The van der Waals surface area contributed by atoms with E-state index < -0.39 is 5.91 Å². The van der Waals surface area contributed by atoms with Crippen LogP contribution in [0.3, 0.4) is 0 Å². The molecule has 1 atom stereocenters. The van der Waals surface area contributed by atoms with Crippen LogP contribution in [0.4, 0.5) is 0 Å². The number of rotatable bonds is 6. The normalized spacial score (nSPS) is 15.6. The highest BCUT2D eigenvalue weighted by Crippen LogP contribution is 2.32. The Balaban J connectivity index is 1.77. The van der Waals surface area contributed by atoms with Crippen LogP contribution in [0.15, 0.2) is 24.3 Å². The van der Waals surface area contributed by atoms with E-state index in [0.717, 1.165) is 0 Å². The fourth-order valence-electron chi connectivity index (χ4n) is 1.87. The highest BCUT2D eigenvalue weighted by molar-refractivity contribution is 5.92. The highest BCUT2D eigenvalue weighted by Gasteiger charge is 2.28. The van der Waals surface area contributed by atoms with Gasteiger partial charge in [0.2, 0.25) is 5.91 Å². The number of hydrogen-bond acceptors (Lipinski definition) is 3. The Morgan fingerprint density at radius 3 is 2.53 bits per heavy atom. The molecule has 0 unspecified atom stereocenters. The number of nitrogens with two attached hydrogens (primary N) is 1. The second-order valence-electron chi connectivity index (χ2n) is 4.87. The first kappa shape index (κ1) is 13.4. The molecule has 3 N–H and O–H groups in total. The van der Waals surface area contributed by atoms with Crippen LogP contribution >= 0.6 is 0 Å². The summed E-state index contributed by atoms with van der Waals surface area (Å²) in [6.07, 6.45) is 2.38. The van der Waals surface area contributed by atoms with Gasteiger partial charge < -0.3 is 15.8 Å². The Morgan fingerprint density at radius 1 is 1.37 bits per heavy atom. The Hall–Kier alpha value is -2.04. The van der Waals surface area contributed by atoms with E-state index in [1.807, 2.05) is 6.92 Å². The monoisotopic (exact) mass is 262 g/mol. The maximum atomic E-state index is 11.6. The van der Waals surface area contributed by atoms with Gasteiger partial charge in [0.05, 0.1) is 0 Å². The van der Waals surface area contributed by atoms with Crippen molar-refractivity contribution in [3.8, 4) is 5.75 Å². The summed E-state index contributed by atoms with van der Waals surface area (Å²) in [4.78, 5) is 22.5. The Bertz CT molecular complexity index is 466. The summed E-state index contributed by atoms with van der Waals surface area (Å²) in [5, 5.41) is 2.90. The quantitative estimate of drug-likeness (QED) is 0.804. The van der Waals surface area contributed by atoms with Crippen molar-refractivity contribution in [2.75, 3.05) is 6.61 Å². The molecule has 0 heterocycles. The molecule has 0 bridgehead atoms. The summed E-state index contributed by atoms with van der Waals surface area (Å²) in [7, 11) is 0. The van der Waals surface area contributed by atoms with E-state index in [4.69, 9.17) is 10.5 Å². The molecule has 5 heteroatoms. The van der Waals surface area contributed by atoms with Crippen molar-refractivity contribution < 1.29 is 14.3 Å². The predicted octanol–water partition coefficient (Wildman–Crippen LogP) is 1.08. The van der Waals surface area contributed by atoms with Gasteiger partial charge in [-0.1, -0.05) is 0 Å². The summed E-state index contributed by atoms with van der Waals surface area (Å²) < 4.78 is 5.34. The predicted molar refractivity (Wildman–Crippen MR) is 70.8 cm³/mol. The van der Waals surface area contributed by atoms with Crippen molar-refractivity contribution in [3.05, 3.63) is 29.8 Å². The molecule has 1 aromatic carbocycles. The lowest BCUT2D eigenvalue weighted by Gasteiger charge is -2.13. The largest absolute Gasteiger partial charge is 0.484 e. The molecule has 2 rings (SSSR count). The third kappa shape index (κ3) is 3.98. The third-order valence-corrected chi connectivity index (χ3v) is 3.23.